The minimum Gasteiger partial charge on any atom is -0.494 e. The predicted octanol–water partition coefficient (Wildman–Crippen LogP) is 4.25. The van der Waals surface area contributed by atoms with E-state index in [1.54, 1.807) is 44.2 Å². The van der Waals surface area contributed by atoms with Gasteiger partial charge in [-0.15, -0.1) is 0 Å². The van der Waals surface area contributed by atoms with Gasteiger partial charge in [-0.1, -0.05) is 24.3 Å². The van der Waals surface area contributed by atoms with E-state index < -0.39 is 18.2 Å². The number of amides is 1. The maximum Gasteiger partial charge on any atom is 0.411 e. The molecule has 7 heteroatoms. The summed E-state index contributed by atoms with van der Waals surface area (Å²) in [5, 5.41) is 12.0. The molecule has 0 aliphatic rings. The van der Waals surface area contributed by atoms with Gasteiger partial charge in [0.05, 0.1) is 12.7 Å². The van der Waals surface area contributed by atoms with E-state index in [4.69, 9.17) is 14.2 Å². The molecule has 156 valence electrons. The van der Waals surface area contributed by atoms with E-state index >= 15 is 0 Å². The van der Waals surface area contributed by atoms with Crippen LogP contribution in [-0.4, -0.2) is 36.0 Å². The molecule has 7 nitrogen and oxygen atoms in total. The van der Waals surface area contributed by atoms with E-state index in [0.29, 0.717) is 12.3 Å². The zero-order valence-electron chi connectivity index (χ0n) is 16.9. The zero-order chi connectivity index (χ0) is 21.2. The van der Waals surface area contributed by atoms with E-state index in [-0.39, 0.29) is 19.1 Å². The largest absolute Gasteiger partial charge is 0.494 e. The third kappa shape index (κ3) is 7.46. The summed E-state index contributed by atoms with van der Waals surface area (Å²) < 4.78 is 16.1. The van der Waals surface area contributed by atoms with Gasteiger partial charge in [0, 0.05) is 12.1 Å². The fourth-order valence-electron chi connectivity index (χ4n) is 2.72. The quantitative estimate of drug-likeness (QED) is 0.618. The number of carbonyl (C=O) groups excluding carboxylic acids is 1. The highest BCUT2D eigenvalue weighted by molar-refractivity contribution is 5.84. The van der Waals surface area contributed by atoms with E-state index in [1.165, 1.54) is 0 Å². The first-order chi connectivity index (χ1) is 13.9. The topological polar surface area (TPSA) is 94.1 Å². The Morgan fingerprint density at radius 2 is 1.69 bits per heavy atom. The van der Waals surface area contributed by atoms with E-state index in [9.17, 15) is 14.7 Å². The molecule has 29 heavy (non-hydrogen) atoms. The lowest BCUT2D eigenvalue weighted by Crippen LogP contribution is -2.29. The Morgan fingerprint density at radius 3 is 2.28 bits per heavy atom. The summed E-state index contributed by atoms with van der Waals surface area (Å²) in [7, 11) is 0. The van der Waals surface area contributed by atoms with E-state index in [1.807, 2.05) is 25.1 Å². The number of carboxylic acids is 1. The van der Waals surface area contributed by atoms with Gasteiger partial charge in [-0.25, -0.2) is 9.59 Å². The molecule has 2 aromatic carbocycles. The van der Waals surface area contributed by atoms with Gasteiger partial charge in [0.15, 0.2) is 6.10 Å². The Morgan fingerprint density at radius 1 is 1.03 bits per heavy atom. The minimum atomic E-state index is -1.03. The molecule has 0 heterocycles. The highest BCUT2D eigenvalue weighted by atomic mass is 16.5. The van der Waals surface area contributed by atoms with Crippen LogP contribution in [0.15, 0.2) is 48.5 Å². The van der Waals surface area contributed by atoms with Gasteiger partial charge in [0.25, 0.3) is 0 Å². The number of hydrogen-bond donors (Lipinski definition) is 2. The predicted molar refractivity (Wildman–Crippen MR) is 109 cm³/mol. The number of aliphatic carboxylic acids is 1. The summed E-state index contributed by atoms with van der Waals surface area (Å²) in [6.45, 7) is 6.06. The Bertz CT molecular complexity index is 803. The van der Waals surface area contributed by atoms with Crippen molar-refractivity contribution in [3.05, 3.63) is 59.7 Å². The second kappa shape index (κ2) is 11.1. The van der Waals surface area contributed by atoms with Crippen molar-refractivity contribution < 1.29 is 28.9 Å². The first-order valence-corrected chi connectivity index (χ1v) is 9.50. The molecule has 1 atom stereocenters. The van der Waals surface area contributed by atoms with Gasteiger partial charge in [-0.3, -0.25) is 5.32 Å². The van der Waals surface area contributed by atoms with Crippen LogP contribution in [0.2, 0.25) is 0 Å². The average Bonchev–Trinajstić information content (AvgIpc) is 2.68. The number of nitrogens with one attached hydrogen (secondary N) is 1. The van der Waals surface area contributed by atoms with Crippen molar-refractivity contribution in [2.75, 3.05) is 11.9 Å². The molecule has 2 rings (SSSR count). The molecule has 2 aromatic rings. The number of hydrogen-bond acceptors (Lipinski definition) is 5. The lowest BCUT2D eigenvalue weighted by Gasteiger charge is -2.18. The van der Waals surface area contributed by atoms with Crippen LogP contribution >= 0.6 is 0 Å². The van der Waals surface area contributed by atoms with E-state index in [2.05, 4.69) is 5.32 Å². The molecule has 0 saturated heterocycles. The summed E-state index contributed by atoms with van der Waals surface area (Å²) in [4.78, 5) is 23.6. The number of carboxylic acid groups (broad SMARTS) is 1. The van der Waals surface area contributed by atoms with Crippen molar-refractivity contribution in [2.45, 2.75) is 46.0 Å². The summed E-state index contributed by atoms with van der Waals surface area (Å²) in [5.74, 6) is -0.306. The van der Waals surface area contributed by atoms with Crippen LogP contribution in [0.1, 0.15) is 31.9 Å². The molecule has 0 aliphatic heterocycles. The third-order valence-corrected chi connectivity index (χ3v) is 4.01. The number of benzene rings is 2. The number of ether oxygens (including phenoxy) is 3. The highest BCUT2D eigenvalue weighted by Gasteiger charge is 2.21. The third-order valence-electron chi connectivity index (χ3n) is 4.01. The normalized spacial score (nSPS) is 11.7. The second-order valence-corrected chi connectivity index (χ2v) is 6.64. The monoisotopic (exact) mass is 401 g/mol. The van der Waals surface area contributed by atoms with Gasteiger partial charge in [-0.05, 0) is 56.2 Å². The van der Waals surface area contributed by atoms with Gasteiger partial charge in [-0.2, -0.15) is 0 Å². The molecule has 0 saturated carbocycles. The summed E-state index contributed by atoms with van der Waals surface area (Å²) in [6, 6.07) is 14.2. The van der Waals surface area contributed by atoms with Gasteiger partial charge < -0.3 is 19.3 Å². The smallest absolute Gasteiger partial charge is 0.411 e. The summed E-state index contributed by atoms with van der Waals surface area (Å²) >= 11 is 0. The van der Waals surface area contributed by atoms with Crippen LogP contribution in [0, 0.1) is 0 Å². The van der Waals surface area contributed by atoms with Crippen LogP contribution in [0.5, 0.6) is 5.75 Å². The average molecular weight is 401 g/mol. The van der Waals surface area contributed by atoms with Crippen molar-refractivity contribution in [1.29, 1.82) is 0 Å². The molecule has 0 radical (unpaired) electrons. The van der Waals surface area contributed by atoms with Crippen LogP contribution in [0.25, 0.3) is 0 Å². The summed E-state index contributed by atoms with van der Waals surface area (Å²) in [5.41, 5.74) is 2.07. The highest BCUT2D eigenvalue weighted by Crippen LogP contribution is 2.18. The zero-order valence-corrected chi connectivity index (χ0v) is 16.9. The number of anilines is 1. The fourth-order valence-corrected chi connectivity index (χ4v) is 2.72. The van der Waals surface area contributed by atoms with Crippen LogP contribution in [0.4, 0.5) is 10.5 Å². The van der Waals surface area contributed by atoms with Crippen molar-refractivity contribution in [1.82, 2.24) is 0 Å². The van der Waals surface area contributed by atoms with Crippen LogP contribution in [0.3, 0.4) is 0 Å². The molecule has 0 aliphatic carbocycles. The molecular weight excluding hydrogens is 374 g/mol. The molecule has 1 amide bonds. The Labute approximate surface area is 170 Å². The Hall–Kier alpha value is -3.06. The number of carbonyl (C=O) groups is 2. The van der Waals surface area contributed by atoms with Crippen LogP contribution in [-0.2, 0) is 27.3 Å². The van der Waals surface area contributed by atoms with Gasteiger partial charge >= 0.3 is 12.1 Å². The number of rotatable bonds is 10. The van der Waals surface area contributed by atoms with Crippen LogP contribution < -0.4 is 10.1 Å². The maximum atomic E-state index is 12.1. The maximum absolute atomic E-state index is 12.1. The van der Waals surface area contributed by atoms with Crippen molar-refractivity contribution in [3.63, 3.8) is 0 Å². The SMILES string of the molecule is CCOc1ccc(NC(=O)OCc2ccccc2CC(OC(C)C)C(=O)O)cc1. The van der Waals surface area contributed by atoms with E-state index in [0.717, 1.165) is 16.9 Å². The fraction of sp³-hybridized carbons (Fsp3) is 0.364. The molecule has 1 unspecified atom stereocenters. The van der Waals surface area contributed by atoms with Crippen molar-refractivity contribution in [3.8, 4) is 5.75 Å². The molecular formula is C22H27NO6. The van der Waals surface area contributed by atoms with Gasteiger partial charge in [0.1, 0.15) is 12.4 Å². The molecule has 0 spiro atoms. The standard InChI is InChI=1S/C22H27NO6/c1-4-27-19-11-9-18(10-12-19)23-22(26)28-14-17-8-6-5-7-16(17)13-20(21(24)25)29-15(2)3/h5-12,15,20H,4,13-14H2,1-3H3,(H,23,26)(H,24,25). The molecule has 0 aromatic heterocycles. The second-order valence-electron chi connectivity index (χ2n) is 6.64. The van der Waals surface area contributed by atoms with Crippen molar-refractivity contribution in [2.24, 2.45) is 0 Å². The Kier molecular flexibility index (Phi) is 8.48. The minimum absolute atomic E-state index is 0.0209. The van der Waals surface area contributed by atoms with Gasteiger partial charge in [0.2, 0.25) is 0 Å². The lowest BCUT2D eigenvalue weighted by atomic mass is 10.0. The Balaban J connectivity index is 1.96. The first kappa shape index (κ1) is 22.2. The molecule has 2 N–H and O–H groups in total. The lowest BCUT2D eigenvalue weighted by molar-refractivity contribution is -0.153. The molecule has 0 fully saturated rings. The molecule has 0 bridgehead atoms. The summed E-state index contributed by atoms with van der Waals surface area (Å²) in [6.07, 6.45) is -1.58. The van der Waals surface area contributed by atoms with Crippen molar-refractivity contribution >= 4 is 17.7 Å². The first-order valence-electron chi connectivity index (χ1n) is 9.50.